The smallest absolute Gasteiger partial charge is 0.363 e. The zero-order valence-electron chi connectivity index (χ0n) is 8.92. The first-order chi connectivity index (χ1) is 8.72. The van der Waals surface area contributed by atoms with Crippen LogP contribution in [0, 0.1) is 3.77 Å². The van der Waals surface area contributed by atoms with Gasteiger partial charge in [0.1, 0.15) is 5.76 Å². The van der Waals surface area contributed by atoms with Crippen molar-refractivity contribution in [1.82, 2.24) is 0 Å². The fourth-order valence-corrected chi connectivity index (χ4v) is 2.54. The van der Waals surface area contributed by atoms with Gasteiger partial charge in [0.05, 0.1) is 4.88 Å². The summed E-state index contributed by atoms with van der Waals surface area (Å²) in [7, 11) is 0. The minimum absolute atomic E-state index is 0.254. The van der Waals surface area contributed by atoms with E-state index in [4.69, 9.17) is 9.15 Å². The molecule has 0 amide bonds. The maximum absolute atomic E-state index is 11.6. The van der Waals surface area contributed by atoms with Crippen molar-refractivity contribution in [2.45, 2.75) is 0 Å². The minimum Gasteiger partial charge on any atom is -0.451 e. The van der Waals surface area contributed by atoms with Gasteiger partial charge in [-0.05, 0) is 46.2 Å². The van der Waals surface area contributed by atoms with Crippen LogP contribution in [-0.4, -0.2) is 11.9 Å². The molecule has 6 heteroatoms. The largest absolute Gasteiger partial charge is 0.451 e. The van der Waals surface area contributed by atoms with E-state index in [0.29, 0.717) is 11.7 Å². The SMILES string of the molecule is O=C1OC(c2cccs2)=N/C1=C/c1ccc(I)o1. The van der Waals surface area contributed by atoms with E-state index in [1.807, 2.05) is 23.6 Å². The fourth-order valence-electron chi connectivity index (χ4n) is 1.46. The molecule has 90 valence electrons. The number of nitrogens with zero attached hydrogens (tertiary/aromatic N) is 1. The maximum atomic E-state index is 11.6. The average Bonchev–Trinajstić information content (AvgIpc) is 3.02. The van der Waals surface area contributed by atoms with Gasteiger partial charge in [-0.2, -0.15) is 0 Å². The molecule has 1 aliphatic heterocycles. The van der Waals surface area contributed by atoms with Crippen molar-refractivity contribution in [2.24, 2.45) is 4.99 Å². The zero-order chi connectivity index (χ0) is 12.5. The van der Waals surface area contributed by atoms with Gasteiger partial charge in [-0.25, -0.2) is 9.79 Å². The molecular weight excluding hydrogens is 365 g/mol. The first kappa shape index (κ1) is 11.7. The number of ether oxygens (including phenoxy) is 1. The number of aliphatic imine (C=N–C) groups is 1. The third kappa shape index (κ3) is 2.25. The van der Waals surface area contributed by atoms with Crippen molar-refractivity contribution in [3.05, 3.63) is 49.7 Å². The summed E-state index contributed by atoms with van der Waals surface area (Å²) in [6.07, 6.45) is 1.57. The topological polar surface area (TPSA) is 51.8 Å². The molecule has 0 radical (unpaired) electrons. The number of carbonyl (C=O) groups excluding carboxylic acids is 1. The van der Waals surface area contributed by atoms with Crippen LogP contribution in [0.25, 0.3) is 6.08 Å². The van der Waals surface area contributed by atoms with Crippen LogP contribution in [0.1, 0.15) is 10.6 Å². The van der Waals surface area contributed by atoms with Crippen LogP contribution in [0.4, 0.5) is 0 Å². The molecule has 0 N–H and O–H groups in total. The summed E-state index contributed by atoms with van der Waals surface area (Å²) in [6, 6.07) is 7.33. The van der Waals surface area contributed by atoms with Gasteiger partial charge in [0.25, 0.3) is 0 Å². The summed E-state index contributed by atoms with van der Waals surface area (Å²) in [5.41, 5.74) is 0.254. The predicted octanol–water partition coefficient (Wildman–Crippen LogP) is 3.29. The Morgan fingerprint density at radius 2 is 2.22 bits per heavy atom. The molecule has 0 atom stereocenters. The Kier molecular flexibility index (Phi) is 3.04. The lowest BCUT2D eigenvalue weighted by Crippen LogP contribution is -2.03. The predicted molar refractivity (Wildman–Crippen MR) is 76.4 cm³/mol. The summed E-state index contributed by atoms with van der Waals surface area (Å²) < 4.78 is 11.2. The van der Waals surface area contributed by atoms with Crippen LogP contribution in [0.3, 0.4) is 0 Å². The number of furan rings is 1. The number of thiophene rings is 1. The van der Waals surface area contributed by atoms with Crippen LogP contribution >= 0.6 is 33.9 Å². The van der Waals surface area contributed by atoms with Gasteiger partial charge in [0.15, 0.2) is 9.46 Å². The summed E-state index contributed by atoms with van der Waals surface area (Å²) in [4.78, 5) is 16.7. The Morgan fingerprint density at radius 1 is 1.33 bits per heavy atom. The molecule has 0 spiro atoms. The third-order valence-corrected chi connectivity index (χ3v) is 3.66. The third-order valence-electron chi connectivity index (χ3n) is 2.23. The van der Waals surface area contributed by atoms with Gasteiger partial charge in [-0.15, -0.1) is 11.3 Å². The highest BCUT2D eigenvalue weighted by atomic mass is 127. The molecule has 2 aromatic rings. The van der Waals surface area contributed by atoms with Crippen molar-refractivity contribution in [2.75, 3.05) is 0 Å². The molecule has 18 heavy (non-hydrogen) atoms. The fraction of sp³-hybridized carbons (Fsp3) is 0. The molecule has 3 heterocycles. The van der Waals surface area contributed by atoms with Crippen molar-refractivity contribution in [3.63, 3.8) is 0 Å². The lowest BCUT2D eigenvalue weighted by molar-refractivity contribution is -0.129. The average molecular weight is 371 g/mol. The van der Waals surface area contributed by atoms with E-state index in [-0.39, 0.29) is 5.70 Å². The minimum atomic E-state index is -0.454. The van der Waals surface area contributed by atoms with Crippen molar-refractivity contribution < 1.29 is 13.9 Å². The Hall–Kier alpha value is -1.41. The molecule has 0 saturated carbocycles. The molecule has 0 bridgehead atoms. The monoisotopic (exact) mass is 371 g/mol. The lowest BCUT2D eigenvalue weighted by Gasteiger charge is -1.92. The Balaban J connectivity index is 1.94. The van der Waals surface area contributed by atoms with Crippen molar-refractivity contribution in [1.29, 1.82) is 0 Å². The van der Waals surface area contributed by atoms with E-state index in [1.165, 1.54) is 11.3 Å². The normalized spacial score (nSPS) is 17.1. The van der Waals surface area contributed by atoms with E-state index in [0.717, 1.165) is 8.64 Å². The van der Waals surface area contributed by atoms with Crippen LogP contribution < -0.4 is 0 Å². The molecule has 4 nitrogen and oxygen atoms in total. The highest BCUT2D eigenvalue weighted by Crippen LogP contribution is 2.22. The first-order valence-electron chi connectivity index (χ1n) is 5.04. The van der Waals surface area contributed by atoms with Gasteiger partial charge in [0, 0.05) is 6.08 Å². The van der Waals surface area contributed by atoms with Gasteiger partial charge in [0.2, 0.25) is 5.90 Å². The Morgan fingerprint density at radius 3 is 2.89 bits per heavy atom. The van der Waals surface area contributed by atoms with E-state index in [2.05, 4.69) is 27.6 Å². The Labute approximate surface area is 120 Å². The van der Waals surface area contributed by atoms with Crippen LogP contribution in [-0.2, 0) is 9.53 Å². The standard InChI is InChI=1S/C12H6INO3S/c13-10-4-3-7(16-10)6-8-12(15)17-11(14-8)9-2-1-5-18-9/h1-6H/b8-6+. The van der Waals surface area contributed by atoms with Gasteiger partial charge < -0.3 is 9.15 Å². The number of hydrogen-bond donors (Lipinski definition) is 0. The van der Waals surface area contributed by atoms with E-state index in [9.17, 15) is 4.79 Å². The van der Waals surface area contributed by atoms with Crippen LogP contribution in [0.5, 0.6) is 0 Å². The molecule has 0 aliphatic carbocycles. The molecule has 3 rings (SSSR count). The molecule has 0 fully saturated rings. The van der Waals surface area contributed by atoms with Crippen LogP contribution in [0.15, 0.2) is 44.8 Å². The molecule has 0 aromatic carbocycles. The second kappa shape index (κ2) is 4.69. The molecule has 1 aliphatic rings. The number of halogens is 1. The van der Waals surface area contributed by atoms with Gasteiger partial charge in [-0.3, -0.25) is 0 Å². The summed E-state index contributed by atoms with van der Waals surface area (Å²) in [6.45, 7) is 0. The highest BCUT2D eigenvalue weighted by Gasteiger charge is 2.24. The molecule has 0 saturated heterocycles. The summed E-state index contributed by atoms with van der Waals surface area (Å²) in [5.74, 6) is 0.481. The van der Waals surface area contributed by atoms with Gasteiger partial charge >= 0.3 is 5.97 Å². The highest BCUT2D eigenvalue weighted by molar-refractivity contribution is 14.1. The number of rotatable bonds is 2. The number of hydrogen-bond acceptors (Lipinski definition) is 5. The number of esters is 1. The first-order valence-corrected chi connectivity index (χ1v) is 7.00. The number of carbonyl (C=O) groups is 1. The second-order valence-corrected chi connectivity index (χ2v) is 5.47. The quantitative estimate of drug-likeness (QED) is 0.463. The Bertz CT molecular complexity index is 655. The second-order valence-electron chi connectivity index (χ2n) is 3.46. The lowest BCUT2D eigenvalue weighted by atomic mass is 10.3. The molecule has 2 aromatic heterocycles. The molecule has 0 unspecified atom stereocenters. The summed E-state index contributed by atoms with van der Waals surface area (Å²) >= 11 is 3.53. The van der Waals surface area contributed by atoms with Crippen LogP contribution in [0.2, 0.25) is 0 Å². The van der Waals surface area contributed by atoms with Gasteiger partial charge in [-0.1, -0.05) is 6.07 Å². The zero-order valence-corrected chi connectivity index (χ0v) is 11.9. The molecular formula is C12H6INO3S. The summed E-state index contributed by atoms with van der Waals surface area (Å²) in [5, 5.41) is 1.91. The van der Waals surface area contributed by atoms with E-state index in [1.54, 1.807) is 12.1 Å². The van der Waals surface area contributed by atoms with Crippen molar-refractivity contribution >= 4 is 51.9 Å². The van der Waals surface area contributed by atoms with E-state index >= 15 is 0 Å². The van der Waals surface area contributed by atoms with Crippen molar-refractivity contribution in [3.8, 4) is 0 Å². The van der Waals surface area contributed by atoms with E-state index < -0.39 is 5.97 Å². The maximum Gasteiger partial charge on any atom is 0.363 e. The number of cyclic esters (lactones) is 1.